The Hall–Kier alpha value is -2.84. The Bertz CT molecular complexity index is 673. The molecule has 1 aromatic carbocycles. The molecule has 21 heavy (non-hydrogen) atoms. The molecular formula is C12H10F2N4O3. The third kappa shape index (κ3) is 3.19. The summed E-state index contributed by atoms with van der Waals surface area (Å²) in [5, 5.41) is 12.9. The van der Waals surface area contributed by atoms with Crippen LogP contribution < -0.4 is 5.32 Å². The van der Waals surface area contributed by atoms with Gasteiger partial charge in [0.1, 0.15) is 11.4 Å². The van der Waals surface area contributed by atoms with Gasteiger partial charge in [0, 0.05) is 31.5 Å². The van der Waals surface area contributed by atoms with Gasteiger partial charge in [-0.15, -0.1) is 0 Å². The minimum atomic E-state index is -1.49. The summed E-state index contributed by atoms with van der Waals surface area (Å²) >= 11 is 0. The number of benzene rings is 1. The predicted octanol–water partition coefficient (Wildman–Crippen LogP) is 1.50. The average molecular weight is 296 g/mol. The summed E-state index contributed by atoms with van der Waals surface area (Å²) in [7, 11) is 0. The fourth-order valence-electron chi connectivity index (χ4n) is 1.70. The number of aromatic nitrogens is 2. The van der Waals surface area contributed by atoms with Crippen LogP contribution in [-0.2, 0) is 6.54 Å². The number of imidazole rings is 1. The van der Waals surface area contributed by atoms with E-state index in [1.165, 1.54) is 6.33 Å². The van der Waals surface area contributed by atoms with Gasteiger partial charge in [-0.1, -0.05) is 0 Å². The van der Waals surface area contributed by atoms with Gasteiger partial charge >= 0.3 is 5.69 Å². The molecule has 0 aliphatic rings. The summed E-state index contributed by atoms with van der Waals surface area (Å²) in [6.45, 7) is 0.445. The lowest BCUT2D eigenvalue weighted by molar-refractivity contribution is -0.387. The highest BCUT2D eigenvalue weighted by Gasteiger charge is 2.25. The molecule has 2 aromatic rings. The maximum atomic E-state index is 13.8. The van der Waals surface area contributed by atoms with Crippen LogP contribution in [0.25, 0.3) is 0 Å². The van der Waals surface area contributed by atoms with Crippen LogP contribution in [0, 0.1) is 21.7 Å². The first-order chi connectivity index (χ1) is 10.0. The molecule has 1 heterocycles. The minimum absolute atomic E-state index is 0.0940. The standard InChI is InChI=1S/C12H10F2N4O3/c13-8-1-2-9(18(20)21)11(14)10(8)12(19)16-4-6-17-5-3-15-7-17/h1-3,5,7H,4,6H2,(H,16,19). The molecule has 0 spiro atoms. The second-order valence-corrected chi connectivity index (χ2v) is 4.07. The van der Waals surface area contributed by atoms with Crippen molar-refractivity contribution in [1.29, 1.82) is 0 Å². The van der Waals surface area contributed by atoms with E-state index in [2.05, 4.69) is 10.3 Å². The first kappa shape index (κ1) is 14.6. The van der Waals surface area contributed by atoms with Crippen molar-refractivity contribution in [2.75, 3.05) is 6.54 Å². The lowest BCUT2D eigenvalue weighted by Gasteiger charge is -2.07. The number of hydrogen-bond acceptors (Lipinski definition) is 4. The number of nitro benzene ring substituents is 1. The number of carbonyl (C=O) groups excluding carboxylic acids is 1. The molecule has 0 aliphatic carbocycles. The number of nitro groups is 1. The summed E-state index contributed by atoms with van der Waals surface area (Å²) in [5.41, 5.74) is -1.91. The molecule has 1 N–H and O–H groups in total. The van der Waals surface area contributed by atoms with Gasteiger partial charge in [0.25, 0.3) is 5.91 Å². The zero-order valence-corrected chi connectivity index (χ0v) is 10.6. The highest BCUT2D eigenvalue weighted by atomic mass is 19.1. The number of hydrogen-bond donors (Lipinski definition) is 1. The van der Waals surface area contributed by atoms with Crippen LogP contribution in [0.2, 0.25) is 0 Å². The van der Waals surface area contributed by atoms with E-state index in [9.17, 15) is 23.7 Å². The Morgan fingerprint density at radius 1 is 1.43 bits per heavy atom. The van der Waals surface area contributed by atoms with Gasteiger partial charge in [0.2, 0.25) is 5.82 Å². The van der Waals surface area contributed by atoms with Crippen LogP contribution in [0.15, 0.2) is 30.9 Å². The number of rotatable bonds is 5. The SMILES string of the molecule is O=C(NCCn1ccnc1)c1c(F)ccc([N+](=O)[O-])c1F. The fourth-order valence-corrected chi connectivity index (χ4v) is 1.70. The van der Waals surface area contributed by atoms with Crippen LogP contribution in [0.1, 0.15) is 10.4 Å². The van der Waals surface area contributed by atoms with E-state index < -0.39 is 33.7 Å². The monoisotopic (exact) mass is 296 g/mol. The van der Waals surface area contributed by atoms with Gasteiger partial charge in [-0.2, -0.15) is 4.39 Å². The first-order valence-electron chi connectivity index (χ1n) is 5.87. The second kappa shape index (κ2) is 6.07. The molecule has 1 aromatic heterocycles. The molecule has 110 valence electrons. The molecule has 0 saturated heterocycles. The van der Waals surface area contributed by atoms with Crippen molar-refractivity contribution in [2.24, 2.45) is 0 Å². The third-order valence-electron chi connectivity index (χ3n) is 2.71. The first-order valence-corrected chi connectivity index (χ1v) is 5.87. The van der Waals surface area contributed by atoms with Crippen molar-refractivity contribution in [3.8, 4) is 0 Å². The molecule has 1 amide bonds. The number of amides is 1. The Labute approximate surface area is 117 Å². The molecule has 0 aliphatic heterocycles. The Morgan fingerprint density at radius 3 is 2.81 bits per heavy atom. The normalized spacial score (nSPS) is 10.4. The van der Waals surface area contributed by atoms with Crippen molar-refractivity contribution in [2.45, 2.75) is 6.54 Å². The van der Waals surface area contributed by atoms with Crippen molar-refractivity contribution in [3.05, 3.63) is 58.2 Å². The molecule has 0 unspecified atom stereocenters. The van der Waals surface area contributed by atoms with E-state index >= 15 is 0 Å². The second-order valence-electron chi connectivity index (χ2n) is 4.07. The van der Waals surface area contributed by atoms with E-state index in [1.807, 2.05) is 0 Å². The van der Waals surface area contributed by atoms with E-state index in [-0.39, 0.29) is 6.54 Å². The highest BCUT2D eigenvalue weighted by Crippen LogP contribution is 2.22. The smallest absolute Gasteiger partial charge is 0.305 e. The average Bonchev–Trinajstić information content (AvgIpc) is 2.91. The number of nitrogens with one attached hydrogen (secondary N) is 1. The third-order valence-corrected chi connectivity index (χ3v) is 2.71. The zero-order valence-electron chi connectivity index (χ0n) is 10.6. The lowest BCUT2D eigenvalue weighted by Crippen LogP contribution is -2.28. The van der Waals surface area contributed by atoms with E-state index in [0.29, 0.717) is 18.7 Å². The molecule has 0 atom stereocenters. The van der Waals surface area contributed by atoms with E-state index in [0.717, 1.165) is 0 Å². The number of halogens is 2. The Balaban J connectivity index is 2.11. The molecular weight excluding hydrogens is 286 g/mol. The molecule has 9 heteroatoms. The molecule has 7 nitrogen and oxygen atoms in total. The van der Waals surface area contributed by atoms with Crippen molar-refractivity contribution in [3.63, 3.8) is 0 Å². The van der Waals surface area contributed by atoms with E-state index in [1.54, 1.807) is 17.0 Å². The maximum absolute atomic E-state index is 13.8. The van der Waals surface area contributed by atoms with Gasteiger partial charge in [-0.25, -0.2) is 9.37 Å². The molecule has 2 rings (SSSR count). The number of carbonyl (C=O) groups is 1. The van der Waals surface area contributed by atoms with Gasteiger partial charge in [0.15, 0.2) is 0 Å². The fraction of sp³-hybridized carbons (Fsp3) is 0.167. The summed E-state index contributed by atoms with van der Waals surface area (Å²) < 4.78 is 28.9. The van der Waals surface area contributed by atoms with Gasteiger partial charge < -0.3 is 9.88 Å². The Morgan fingerprint density at radius 2 is 2.19 bits per heavy atom. The van der Waals surface area contributed by atoms with Crippen molar-refractivity contribution >= 4 is 11.6 Å². The largest absolute Gasteiger partial charge is 0.350 e. The number of nitrogens with zero attached hydrogens (tertiary/aromatic N) is 3. The summed E-state index contributed by atoms with van der Waals surface area (Å²) in [4.78, 5) is 25.1. The summed E-state index contributed by atoms with van der Waals surface area (Å²) in [6.07, 6.45) is 4.71. The predicted molar refractivity (Wildman–Crippen MR) is 67.6 cm³/mol. The maximum Gasteiger partial charge on any atom is 0.305 e. The summed E-state index contributed by atoms with van der Waals surface area (Å²) in [6, 6.07) is 1.36. The van der Waals surface area contributed by atoms with Crippen molar-refractivity contribution in [1.82, 2.24) is 14.9 Å². The molecule has 0 saturated carbocycles. The molecule has 0 fully saturated rings. The van der Waals surface area contributed by atoms with Crippen LogP contribution in [-0.4, -0.2) is 26.9 Å². The lowest BCUT2D eigenvalue weighted by atomic mass is 10.1. The molecule has 0 bridgehead atoms. The van der Waals surface area contributed by atoms with Crippen LogP contribution in [0.5, 0.6) is 0 Å². The summed E-state index contributed by atoms with van der Waals surface area (Å²) in [5.74, 6) is -3.69. The van der Waals surface area contributed by atoms with Crippen LogP contribution in [0.4, 0.5) is 14.5 Å². The Kier molecular flexibility index (Phi) is 4.21. The molecule has 0 radical (unpaired) electrons. The minimum Gasteiger partial charge on any atom is -0.350 e. The van der Waals surface area contributed by atoms with Crippen molar-refractivity contribution < 1.29 is 18.5 Å². The van der Waals surface area contributed by atoms with Crippen LogP contribution >= 0.6 is 0 Å². The highest BCUT2D eigenvalue weighted by molar-refractivity contribution is 5.95. The van der Waals surface area contributed by atoms with Gasteiger partial charge in [-0.3, -0.25) is 14.9 Å². The van der Waals surface area contributed by atoms with Crippen LogP contribution in [0.3, 0.4) is 0 Å². The van der Waals surface area contributed by atoms with Gasteiger partial charge in [0.05, 0.1) is 11.3 Å². The topological polar surface area (TPSA) is 90.1 Å². The quantitative estimate of drug-likeness (QED) is 0.668. The van der Waals surface area contributed by atoms with E-state index in [4.69, 9.17) is 0 Å². The van der Waals surface area contributed by atoms with Gasteiger partial charge in [-0.05, 0) is 6.07 Å². The zero-order chi connectivity index (χ0) is 15.4.